The van der Waals surface area contributed by atoms with Crippen LogP contribution in [0.3, 0.4) is 0 Å². The summed E-state index contributed by atoms with van der Waals surface area (Å²) in [6, 6.07) is 13.2. The molecule has 2 saturated heterocycles. The molecule has 0 amide bonds. The van der Waals surface area contributed by atoms with Crippen LogP contribution in [-0.2, 0) is 16.7 Å². The zero-order valence-electron chi connectivity index (χ0n) is 22.3. The number of aromatic nitrogens is 2. The van der Waals surface area contributed by atoms with Gasteiger partial charge in [-0.3, -0.25) is 9.45 Å². The Morgan fingerprint density at radius 3 is 2.33 bits per heavy atom. The fourth-order valence-electron chi connectivity index (χ4n) is 5.42. The quantitative estimate of drug-likeness (QED) is 0.269. The molecular weight excluding hydrogens is 571 g/mol. The first-order valence-electron chi connectivity index (χ1n) is 13.7. The molecule has 4 heterocycles. The minimum Gasteiger partial charge on any atom is -0.437 e. The molecule has 11 heteroatoms. The molecule has 3 aromatic rings. The lowest BCUT2D eigenvalue weighted by Crippen LogP contribution is -2.33. The first-order chi connectivity index (χ1) is 19.2. The number of rotatable bonds is 9. The zero-order chi connectivity index (χ0) is 28.1. The number of hydrogen-bond donors (Lipinski definition) is 1. The van der Waals surface area contributed by atoms with Gasteiger partial charge in [-0.25, -0.2) is 9.97 Å². The first-order valence-corrected chi connectivity index (χ1v) is 16.1. The van der Waals surface area contributed by atoms with Crippen molar-refractivity contribution in [2.75, 3.05) is 36.8 Å². The van der Waals surface area contributed by atoms with Crippen LogP contribution in [0.1, 0.15) is 44.1 Å². The summed E-state index contributed by atoms with van der Waals surface area (Å²) in [5.74, 6) is 2.14. The van der Waals surface area contributed by atoms with Crippen LogP contribution >= 0.6 is 23.2 Å². The minimum atomic E-state index is -3.92. The monoisotopic (exact) mass is 604 g/mol. The van der Waals surface area contributed by atoms with Crippen molar-refractivity contribution in [3.8, 4) is 22.9 Å². The number of hydrogen-bond acceptors (Lipinski definition) is 7. The molecule has 0 bridgehead atoms. The van der Waals surface area contributed by atoms with Crippen LogP contribution in [0, 0.1) is 5.92 Å². The second kappa shape index (κ2) is 13.0. The second-order valence-corrected chi connectivity index (χ2v) is 13.1. The topological polar surface area (TPSA) is 95.9 Å². The predicted octanol–water partition coefficient (Wildman–Crippen LogP) is 6.72. The number of piperidine rings is 2. The van der Waals surface area contributed by atoms with E-state index in [9.17, 15) is 8.42 Å². The maximum atomic E-state index is 11.1. The number of benzene rings is 1. The lowest BCUT2D eigenvalue weighted by atomic mass is 9.94. The number of halogens is 2. The van der Waals surface area contributed by atoms with E-state index in [4.69, 9.17) is 37.5 Å². The Labute approximate surface area is 246 Å². The van der Waals surface area contributed by atoms with Crippen molar-refractivity contribution in [3.63, 3.8) is 0 Å². The van der Waals surface area contributed by atoms with E-state index >= 15 is 0 Å². The van der Waals surface area contributed by atoms with E-state index in [1.54, 1.807) is 12.3 Å². The molecule has 1 aromatic carbocycles. The summed E-state index contributed by atoms with van der Waals surface area (Å²) in [7, 11) is -3.92. The molecule has 5 rings (SSSR count). The van der Waals surface area contributed by atoms with Gasteiger partial charge in [-0.2, -0.15) is 8.42 Å². The van der Waals surface area contributed by atoms with E-state index in [2.05, 4.69) is 14.8 Å². The van der Waals surface area contributed by atoms with E-state index in [0.717, 1.165) is 56.0 Å². The lowest BCUT2D eigenvalue weighted by Gasteiger charge is -2.32. The molecule has 1 N–H and O–H groups in total. The van der Waals surface area contributed by atoms with Gasteiger partial charge in [0.15, 0.2) is 0 Å². The van der Waals surface area contributed by atoms with Crippen LogP contribution in [0.2, 0.25) is 10.0 Å². The minimum absolute atomic E-state index is 0.178. The Kier molecular flexibility index (Phi) is 9.48. The smallest absolute Gasteiger partial charge is 0.264 e. The summed E-state index contributed by atoms with van der Waals surface area (Å²) >= 11 is 12.6. The number of anilines is 1. The van der Waals surface area contributed by atoms with Gasteiger partial charge in [-0.1, -0.05) is 23.2 Å². The van der Waals surface area contributed by atoms with Gasteiger partial charge in [0.2, 0.25) is 5.88 Å². The molecule has 2 fully saturated rings. The van der Waals surface area contributed by atoms with Crippen LogP contribution in [0.15, 0.2) is 48.7 Å². The SMILES string of the molecule is O=S(=O)(O)CCC1CCN(Cc2cc(Oc3ccc(N4CCCCC4)nc3)nc(-c3cc(Cl)cc(Cl)c3)c2)CC1. The molecule has 214 valence electrons. The van der Waals surface area contributed by atoms with Crippen molar-refractivity contribution >= 4 is 39.1 Å². The van der Waals surface area contributed by atoms with Crippen molar-refractivity contribution in [2.24, 2.45) is 5.92 Å². The molecule has 0 aliphatic carbocycles. The molecule has 2 aromatic heterocycles. The van der Waals surface area contributed by atoms with Crippen LogP contribution in [0.5, 0.6) is 11.6 Å². The first kappa shape index (κ1) is 29.1. The molecule has 0 atom stereocenters. The summed E-state index contributed by atoms with van der Waals surface area (Å²) < 4.78 is 37.5. The van der Waals surface area contributed by atoms with Gasteiger partial charge in [0, 0.05) is 41.3 Å². The second-order valence-electron chi connectivity index (χ2n) is 10.7. The van der Waals surface area contributed by atoms with Gasteiger partial charge < -0.3 is 9.64 Å². The van der Waals surface area contributed by atoms with Crippen LogP contribution in [-0.4, -0.2) is 59.8 Å². The summed E-state index contributed by atoms with van der Waals surface area (Å²) in [6.45, 7) is 4.43. The van der Waals surface area contributed by atoms with Crippen LogP contribution in [0.4, 0.5) is 5.82 Å². The van der Waals surface area contributed by atoms with Crippen molar-refractivity contribution in [1.82, 2.24) is 14.9 Å². The average Bonchev–Trinajstić information content (AvgIpc) is 2.92. The van der Waals surface area contributed by atoms with Gasteiger partial charge in [0.1, 0.15) is 11.6 Å². The number of ether oxygens (including phenoxy) is 1. The van der Waals surface area contributed by atoms with Gasteiger partial charge in [-0.05, 0) is 99.5 Å². The summed E-state index contributed by atoms with van der Waals surface area (Å²) in [5.41, 5.74) is 2.54. The van der Waals surface area contributed by atoms with Crippen molar-refractivity contribution in [2.45, 2.75) is 45.1 Å². The van der Waals surface area contributed by atoms with Gasteiger partial charge in [0.25, 0.3) is 10.1 Å². The lowest BCUT2D eigenvalue weighted by molar-refractivity contribution is 0.175. The molecule has 2 aliphatic heterocycles. The highest BCUT2D eigenvalue weighted by Gasteiger charge is 2.22. The maximum absolute atomic E-state index is 11.1. The van der Waals surface area contributed by atoms with Gasteiger partial charge in [-0.15, -0.1) is 0 Å². The molecule has 0 unspecified atom stereocenters. The largest absolute Gasteiger partial charge is 0.437 e. The fourth-order valence-corrected chi connectivity index (χ4v) is 6.58. The predicted molar refractivity (Wildman–Crippen MR) is 159 cm³/mol. The maximum Gasteiger partial charge on any atom is 0.264 e. The highest BCUT2D eigenvalue weighted by Crippen LogP contribution is 2.31. The van der Waals surface area contributed by atoms with Gasteiger partial charge in [0.05, 0.1) is 17.6 Å². The van der Waals surface area contributed by atoms with E-state index in [-0.39, 0.29) is 5.75 Å². The van der Waals surface area contributed by atoms with Crippen molar-refractivity contribution < 1.29 is 17.7 Å². The van der Waals surface area contributed by atoms with E-state index in [1.807, 2.05) is 36.4 Å². The Morgan fingerprint density at radius 2 is 1.68 bits per heavy atom. The molecule has 0 saturated carbocycles. The fraction of sp³-hybridized carbons (Fsp3) is 0.448. The molecule has 8 nitrogen and oxygen atoms in total. The summed E-state index contributed by atoms with van der Waals surface area (Å²) in [6.07, 6.45) is 7.65. The summed E-state index contributed by atoms with van der Waals surface area (Å²) in [5, 5.41) is 1.06. The molecular formula is C29H34Cl2N4O4S. The Bertz CT molecular complexity index is 1390. The molecule has 0 spiro atoms. The van der Waals surface area contributed by atoms with Crippen LogP contribution < -0.4 is 9.64 Å². The summed E-state index contributed by atoms with van der Waals surface area (Å²) in [4.78, 5) is 14.0. The molecule has 0 radical (unpaired) electrons. The third-order valence-electron chi connectivity index (χ3n) is 7.54. The molecule has 2 aliphatic rings. The van der Waals surface area contributed by atoms with E-state index < -0.39 is 10.1 Å². The van der Waals surface area contributed by atoms with Gasteiger partial charge >= 0.3 is 0 Å². The highest BCUT2D eigenvalue weighted by molar-refractivity contribution is 7.85. The zero-order valence-corrected chi connectivity index (χ0v) is 24.6. The Balaban J connectivity index is 1.32. The number of pyridine rings is 2. The standard InChI is InChI=1S/C29H34Cl2N4O4S/c30-24-16-23(17-25(31)18-24)27-14-22(20-34-11-6-21(7-12-34)8-13-40(36,37)38)15-29(33-27)39-26-4-5-28(32-19-26)35-9-2-1-3-10-35/h4-5,14-19,21H,1-3,6-13,20H2,(H,36,37,38). The Morgan fingerprint density at radius 1 is 0.950 bits per heavy atom. The van der Waals surface area contributed by atoms with Crippen LogP contribution in [0.25, 0.3) is 11.3 Å². The van der Waals surface area contributed by atoms with E-state index in [0.29, 0.717) is 46.3 Å². The van der Waals surface area contributed by atoms with Crippen molar-refractivity contribution in [1.29, 1.82) is 0 Å². The highest BCUT2D eigenvalue weighted by atomic mass is 35.5. The third-order valence-corrected chi connectivity index (χ3v) is 8.73. The Hall–Kier alpha value is -2.43. The number of nitrogens with zero attached hydrogens (tertiary/aromatic N) is 4. The normalized spacial score (nSPS) is 17.2. The molecule has 40 heavy (non-hydrogen) atoms. The average molecular weight is 606 g/mol. The number of likely N-dealkylation sites (tertiary alicyclic amines) is 1. The van der Waals surface area contributed by atoms with Crippen molar-refractivity contribution in [3.05, 3.63) is 64.3 Å². The third kappa shape index (κ3) is 8.30. The van der Waals surface area contributed by atoms with E-state index in [1.165, 1.54) is 19.3 Å².